The number of rotatable bonds is 5. The average Bonchev–Trinajstić information content (AvgIpc) is 2.49. The van der Waals surface area contributed by atoms with Crippen molar-refractivity contribution in [1.29, 1.82) is 0 Å². The number of nitrogens with zero attached hydrogens (tertiary/aromatic N) is 1. The van der Waals surface area contributed by atoms with E-state index in [9.17, 15) is 4.79 Å². The maximum atomic E-state index is 11.9. The Hall–Kier alpha value is -1.88. The van der Waals surface area contributed by atoms with Gasteiger partial charge in [0.15, 0.2) is 0 Å². The van der Waals surface area contributed by atoms with E-state index < -0.39 is 0 Å². The third-order valence-electron chi connectivity index (χ3n) is 2.98. The van der Waals surface area contributed by atoms with Gasteiger partial charge in [0.1, 0.15) is 0 Å². The molecule has 0 atom stereocenters. The van der Waals surface area contributed by atoms with Gasteiger partial charge in [0.25, 0.3) is 5.91 Å². The first-order chi connectivity index (χ1) is 10.1. The Balaban J connectivity index is 2.13. The number of aryl methyl sites for hydroxylation is 1. The van der Waals surface area contributed by atoms with E-state index in [2.05, 4.69) is 31.5 Å². The molecule has 1 heterocycles. The largest absolute Gasteiger partial charge is 0.354 e. The number of nitrogens with one attached hydrogen (secondary N) is 2. The number of pyridine rings is 1. The Bertz CT molecular complexity index is 643. The highest BCUT2D eigenvalue weighted by Crippen LogP contribution is 2.23. The number of hydrogen-bond donors (Lipinski definition) is 2. The number of anilines is 2. The molecule has 1 amide bonds. The first-order valence-corrected chi connectivity index (χ1v) is 7.66. The smallest absolute Gasteiger partial charge is 0.252 e. The molecule has 2 rings (SSSR count). The molecule has 0 aliphatic heterocycles. The molecule has 0 aliphatic rings. The van der Waals surface area contributed by atoms with Crippen LogP contribution in [0.4, 0.5) is 11.4 Å². The number of halogens is 1. The molecule has 1 aromatic carbocycles. The van der Waals surface area contributed by atoms with E-state index in [4.69, 9.17) is 0 Å². The van der Waals surface area contributed by atoms with Crippen molar-refractivity contribution >= 4 is 33.2 Å². The third kappa shape index (κ3) is 4.29. The standard InChI is InChI=1S/C16H18BrN3O/c1-3-6-19-16(21)12-8-14(10-18-9-12)20-13-4-5-15(17)11(2)7-13/h4-5,7-10,20H,3,6H2,1-2H3,(H,19,21). The molecule has 0 unspecified atom stereocenters. The molecule has 0 spiro atoms. The predicted octanol–water partition coefficient (Wildman–Crippen LogP) is 4.04. The van der Waals surface area contributed by atoms with Gasteiger partial charge in [-0.1, -0.05) is 22.9 Å². The van der Waals surface area contributed by atoms with Gasteiger partial charge in [0.2, 0.25) is 0 Å². The third-order valence-corrected chi connectivity index (χ3v) is 3.87. The Labute approximate surface area is 133 Å². The highest BCUT2D eigenvalue weighted by atomic mass is 79.9. The first kappa shape index (κ1) is 15.5. The summed E-state index contributed by atoms with van der Waals surface area (Å²) in [6.07, 6.45) is 4.19. The lowest BCUT2D eigenvalue weighted by Crippen LogP contribution is -2.24. The van der Waals surface area contributed by atoms with Gasteiger partial charge < -0.3 is 10.6 Å². The van der Waals surface area contributed by atoms with Crippen LogP contribution in [0.1, 0.15) is 29.3 Å². The van der Waals surface area contributed by atoms with Crippen molar-refractivity contribution in [3.63, 3.8) is 0 Å². The molecular formula is C16H18BrN3O. The predicted molar refractivity (Wildman–Crippen MR) is 89.0 cm³/mol. The van der Waals surface area contributed by atoms with Crippen molar-refractivity contribution in [1.82, 2.24) is 10.3 Å². The molecule has 0 aliphatic carbocycles. The quantitative estimate of drug-likeness (QED) is 0.858. The summed E-state index contributed by atoms with van der Waals surface area (Å²) in [4.78, 5) is 16.0. The Morgan fingerprint density at radius 1 is 1.24 bits per heavy atom. The van der Waals surface area contributed by atoms with Gasteiger partial charge in [-0.2, -0.15) is 0 Å². The fourth-order valence-corrected chi connectivity index (χ4v) is 2.11. The second kappa shape index (κ2) is 7.22. The van der Waals surface area contributed by atoms with Crippen molar-refractivity contribution in [3.8, 4) is 0 Å². The molecule has 0 radical (unpaired) electrons. The van der Waals surface area contributed by atoms with E-state index in [1.807, 2.05) is 32.0 Å². The van der Waals surface area contributed by atoms with E-state index in [-0.39, 0.29) is 5.91 Å². The first-order valence-electron chi connectivity index (χ1n) is 6.86. The average molecular weight is 348 g/mol. The minimum atomic E-state index is -0.0972. The van der Waals surface area contributed by atoms with Crippen LogP contribution < -0.4 is 10.6 Å². The zero-order valence-electron chi connectivity index (χ0n) is 12.1. The highest BCUT2D eigenvalue weighted by Gasteiger charge is 2.06. The fraction of sp³-hybridized carbons (Fsp3) is 0.250. The van der Waals surface area contributed by atoms with E-state index >= 15 is 0 Å². The van der Waals surface area contributed by atoms with Gasteiger partial charge in [-0.3, -0.25) is 9.78 Å². The van der Waals surface area contributed by atoms with Gasteiger partial charge in [-0.05, 0) is 43.2 Å². The minimum Gasteiger partial charge on any atom is -0.354 e. The van der Waals surface area contributed by atoms with Crippen LogP contribution in [0.15, 0.2) is 41.1 Å². The molecule has 2 N–H and O–H groups in total. The summed E-state index contributed by atoms with van der Waals surface area (Å²) >= 11 is 3.48. The van der Waals surface area contributed by atoms with Crippen molar-refractivity contribution in [3.05, 3.63) is 52.3 Å². The van der Waals surface area contributed by atoms with Crippen molar-refractivity contribution < 1.29 is 4.79 Å². The monoisotopic (exact) mass is 347 g/mol. The summed E-state index contributed by atoms with van der Waals surface area (Å²) in [7, 11) is 0. The molecule has 5 heteroatoms. The lowest BCUT2D eigenvalue weighted by atomic mass is 10.2. The van der Waals surface area contributed by atoms with Crippen molar-refractivity contribution in [2.75, 3.05) is 11.9 Å². The Morgan fingerprint density at radius 2 is 2.05 bits per heavy atom. The van der Waals surface area contributed by atoms with Gasteiger partial charge in [-0.15, -0.1) is 0 Å². The second-order valence-corrected chi connectivity index (χ2v) is 5.66. The lowest BCUT2D eigenvalue weighted by molar-refractivity contribution is 0.0953. The van der Waals surface area contributed by atoms with Crippen molar-refractivity contribution in [2.24, 2.45) is 0 Å². The van der Waals surface area contributed by atoms with Gasteiger partial charge >= 0.3 is 0 Å². The van der Waals surface area contributed by atoms with E-state index in [0.717, 1.165) is 27.8 Å². The number of hydrogen-bond acceptors (Lipinski definition) is 3. The summed E-state index contributed by atoms with van der Waals surface area (Å²) in [5, 5.41) is 6.10. The molecule has 110 valence electrons. The maximum Gasteiger partial charge on any atom is 0.252 e. The second-order valence-electron chi connectivity index (χ2n) is 4.81. The zero-order chi connectivity index (χ0) is 15.2. The lowest BCUT2D eigenvalue weighted by Gasteiger charge is -2.09. The fourth-order valence-electron chi connectivity index (χ4n) is 1.86. The summed E-state index contributed by atoms with van der Waals surface area (Å²) in [6.45, 7) is 4.72. The Morgan fingerprint density at radius 3 is 2.76 bits per heavy atom. The van der Waals surface area contributed by atoms with Crippen LogP contribution in [-0.2, 0) is 0 Å². The molecular weight excluding hydrogens is 330 g/mol. The molecule has 0 bridgehead atoms. The highest BCUT2D eigenvalue weighted by molar-refractivity contribution is 9.10. The maximum absolute atomic E-state index is 11.9. The van der Waals surface area contributed by atoms with Crippen LogP contribution in [0.25, 0.3) is 0 Å². The van der Waals surface area contributed by atoms with E-state index in [0.29, 0.717) is 12.1 Å². The number of carbonyl (C=O) groups excluding carboxylic acids is 1. The molecule has 2 aromatic rings. The van der Waals surface area contributed by atoms with Crippen LogP contribution in [0.5, 0.6) is 0 Å². The molecule has 0 saturated carbocycles. The summed E-state index contributed by atoms with van der Waals surface area (Å²) < 4.78 is 1.07. The molecule has 21 heavy (non-hydrogen) atoms. The van der Waals surface area contributed by atoms with Crippen LogP contribution in [0, 0.1) is 6.92 Å². The minimum absolute atomic E-state index is 0.0972. The number of benzene rings is 1. The van der Waals surface area contributed by atoms with Crippen LogP contribution in [0.2, 0.25) is 0 Å². The van der Waals surface area contributed by atoms with Crippen LogP contribution in [-0.4, -0.2) is 17.4 Å². The van der Waals surface area contributed by atoms with Crippen LogP contribution >= 0.6 is 15.9 Å². The summed E-state index contributed by atoms with van der Waals surface area (Å²) in [5.74, 6) is -0.0972. The van der Waals surface area contributed by atoms with Gasteiger partial charge in [0.05, 0.1) is 17.4 Å². The number of aromatic nitrogens is 1. The van der Waals surface area contributed by atoms with E-state index in [1.54, 1.807) is 18.5 Å². The summed E-state index contributed by atoms with van der Waals surface area (Å²) in [5.41, 5.74) is 3.46. The molecule has 1 aromatic heterocycles. The number of carbonyl (C=O) groups is 1. The topological polar surface area (TPSA) is 54.0 Å². The van der Waals surface area contributed by atoms with Crippen LogP contribution in [0.3, 0.4) is 0 Å². The molecule has 0 fully saturated rings. The Kier molecular flexibility index (Phi) is 5.33. The van der Waals surface area contributed by atoms with Gasteiger partial charge in [0, 0.05) is 22.9 Å². The number of amides is 1. The van der Waals surface area contributed by atoms with Crippen molar-refractivity contribution in [2.45, 2.75) is 20.3 Å². The van der Waals surface area contributed by atoms with E-state index in [1.165, 1.54) is 0 Å². The normalized spacial score (nSPS) is 10.2. The molecule has 4 nitrogen and oxygen atoms in total. The summed E-state index contributed by atoms with van der Waals surface area (Å²) in [6, 6.07) is 7.80. The van der Waals surface area contributed by atoms with Gasteiger partial charge in [-0.25, -0.2) is 0 Å². The SMILES string of the molecule is CCCNC(=O)c1cncc(Nc2ccc(Br)c(C)c2)c1. The molecule has 0 saturated heterocycles. The zero-order valence-corrected chi connectivity index (χ0v) is 13.7.